The van der Waals surface area contributed by atoms with Gasteiger partial charge < -0.3 is 19.5 Å². The second-order valence-corrected chi connectivity index (χ2v) is 11.0. The zero-order chi connectivity index (χ0) is 26.0. The van der Waals surface area contributed by atoms with Crippen molar-refractivity contribution in [2.24, 2.45) is 5.41 Å². The van der Waals surface area contributed by atoms with Crippen LogP contribution < -0.4 is 10.1 Å². The maximum atomic E-state index is 13.6. The molecule has 2 heterocycles. The first-order chi connectivity index (χ1) is 17.8. The lowest BCUT2D eigenvalue weighted by atomic mass is 9.68. The minimum absolute atomic E-state index is 0.0542. The number of carbonyl (C=O) groups excluding carboxylic acids is 2. The van der Waals surface area contributed by atoms with E-state index in [-0.39, 0.29) is 23.9 Å². The van der Waals surface area contributed by atoms with E-state index in [9.17, 15) is 9.59 Å². The highest BCUT2D eigenvalue weighted by molar-refractivity contribution is 6.04. The zero-order valence-corrected chi connectivity index (χ0v) is 21.8. The highest BCUT2D eigenvalue weighted by atomic mass is 16.6. The van der Waals surface area contributed by atoms with Gasteiger partial charge in [-0.15, -0.1) is 0 Å². The van der Waals surface area contributed by atoms with Gasteiger partial charge in [0, 0.05) is 35.6 Å². The van der Waals surface area contributed by atoms with Crippen molar-refractivity contribution in [3.05, 3.63) is 88.3 Å². The molecule has 0 aromatic heterocycles. The van der Waals surface area contributed by atoms with Crippen molar-refractivity contribution < 1.29 is 23.8 Å². The zero-order valence-electron chi connectivity index (χ0n) is 21.8. The van der Waals surface area contributed by atoms with E-state index in [1.807, 2.05) is 61.5 Å². The summed E-state index contributed by atoms with van der Waals surface area (Å²) in [6.07, 6.45) is 2.93. The van der Waals surface area contributed by atoms with Gasteiger partial charge in [0.05, 0.1) is 17.6 Å². The van der Waals surface area contributed by atoms with Crippen LogP contribution in [-0.4, -0.2) is 31.1 Å². The van der Waals surface area contributed by atoms with Crippen molar-refractivity contribution >= 4 is 11.8 Å². The van der Waals surface area contributed by atoms with Crippen LogP contribution in [0.5, 0.6) is 5.75 Å². The first-order valence-electron chi connectivity index (χ1n) is 13.1. The molecular formula is C31H35NO5. The Labute approximate surface area is 218 Å². The number of ketones is 1. The normalized spacial score (nSPS) is 22.9. The Kier molecular flexibility index (Phi) is 7.20. The van der Waals surface area contributed by atoms with E-state index in [2.05, 4.69) is 19.2 Å². The molecule has 1 N–H and O–H groups in total. The van der Waals surface area contributed by atoms with Gasteiger partial charge in [-0.05, 0) is 43.2 Å². The molecule has 0 unspecified atom stereocenters. The summed E-state index contributed by atoms with van der Waals surface area (Å²) in [6.45, 7) is 7.39. The van der Waals surface area contributed by atoms with Crippen LogP contribution >= 0.6 is 0 Å². The summed E-state index contributed by atoms with van der Waals surface area (Å²) in [5.41, 5.74) is 4.38. The lowest BCUT2D eigenvalue weighted by Gasteiger charge is -2.39. The van der Waals surface area contributed by atoms with Crippen LogP contribution in [0.25, 0.3) is 0 Å². The highest BCUT2D eigenvalue weighted by Gasteiger charge is 2.44. The molecule has 2 aromatic carbocycles. The Hall–Kier alpha value is -3.38. The van der Waals surface area contributed by atoms with E-state index >= 15 is 0 Å². The molecule has 2 aliphatic heterocycles. The van der Waals surface area contributed by atoms with Crippen molar-refractivity contribution in [2.75, 3.05) is 13.2 Å². The summed E-state index contributed by atoms with van der Waals surface area (Å²) in [6, 6.07) is 17.6. The third kappa shape index (κ3) is 5.49. The van der Waals surface area contributed by atoms with E-state index in [4.69, 9.17) is 14.2 Å². The van der Waals surface area contributed by atoms with Gasteiger partial charge in [-0.1, -0.05) is 62.4 Å². The van der Waals surface area contributed by atoms with E-state index < -0.39 is 11.9 Å². The number of Topliss-reactive ketones (excluding diaryl/α,β-unsaturated/α-hetero) is 1. The lowest BCUT2D eigenvalue weighted by molar-refractivity contribution is -0.142. The van der Waals surface area contributed by atoms with Gasteiger partial charge in [0.2, 0.25) is 0 Å². The van der Waals surface area contributed by atoms with Crippen LogP contribution in [0, 0.1) is 5.41 Å². The van der Waals surface area contributed by atoms with Crippen LogP contribution in [0.3, 0.4) is 0 Å². The van der Waals surface area contributed by atoms with Gasteiger partial charge in [-0.3, -0.25) is 4.79 Å². The van der Waals surface area contributed by atoms with E-state index in [0.717, 1.165) is 36.1 Å². The molecule has 6 nitrogen and oxygen atoms in total. The van der Waals surface area contributed by atoms with Crippen molar-refractivity contribution in [3.8, 4) is 5.75 Å². The van der Waals surface area contributed by atoms with Gasteiger partial charge in [0.1, 0.15) is 19.0 Å². The number of hydrogen-bond acceptors (Lipinski definition) is 6. The first-order valence-corrected chi connectivity index (χ1v) is 13.1. The molecule has 3 aliphatic rings. The Bertz CT molecular complexity index is 1240. The molecule has 0 saturated carbocycles. The lowest BCUT2D eigenvalue weighted by Crippen LogP contribution is -2.39. The fourth-order valence-corrected chi connectivity index (χ4v) is 5.63. The molecule has 0 spiro atoms. The average molecular weight is 502 g/mol. The molecule has 1 fully saturated rings. The largest absolute Gasteiger partial charge is 0.489 e. The maximum Gasteiger partial charge on any atom is 0.336 e. The molecular weight excluding hydrogens is 466 g/mol. The Balaban J connectivity index is 1.52. The van der Waals surface area contributed by atoms with Crippen LogP contribution in [0.1, 0.15) is 63.5 Å². The topological polar surface area (TPSA) is 73.9 Å². The molecule has 6 heteroatoms. The third-order valence-corrected chi connectivity index (χ3v) is 7.35. The molecule has 0 radical (unpaired) electrons. The van der Waals surface area contributed by atoms with Crippen LogP contribution in [0.4, 0.5) is 0 Å². The second-order valence-electron chi connectivity index (χ2n) is 11.0. The van der Waals surface area contributed by atoms with Crippen LogP contribution in [-0.2, 0) is 25.7 Å². The summed E-state index contributed by atoms with van der Waals surface area (Å²) in [4.78, 5) is 27.2. The number of allylic oxidation sites excluding steroid dienone is 3. The summed E-state index contributed by atoms with van der Waals surface area (Å²) >= 11 is 0. The number of para-hydroxylation sites is 1. The summed E-state index contributed by atoms with van der Waals surface area (Å²) in [5.74, 6) is -0.283. The molecule has 0 bridgehead atoms. The van der Waals surface area contributed by atoms with Gasteiger partial charge in [-0.25, -0.2) is 4.79 Å². The van der Waals surface area contributed by atoms with Crippen molar-refractivity contribution in [3.63, 3.8) is 0 Å². The predicted octanol–water partition coefficient (Wildman–Crippen LogP) is 5.59. The van der Waals surface area contributed by atoms with Gasteiger partial charge in [0.25, 0.3) is 0 Å². The van der Waals surface area contributed by atoms with E-state index in [0.29, 0.717) is 42.2 Å². The fourth-order valence-electron chi connectivity index (χ4n) is 5.63. The molecule has 37 heavy (non-hydrogen) atoms. The second kappa shape index (κ2) is 10.5. The number of nitrogens with one attached hydrogen (secondary N) is 1. The monoisotopic (exact) mass is 501 g/mol. The SMILES string of the molecule is CC1=C(C(=O)OC[C@H]2CCCO2)[C@@H](c2ccccc2OCc2ccccc2)C2=C(CC(C)(C)CC2=O)N1. The minimum Gasteiger partial charge on any atom is -0.489 e. The molecule has 1 aliphatic carbocycles. The molecule has 0 amide bonds. The highest BCUT2D eigenvalue weighted by Crippen LogP contribution is 2.48. The maximum absolute atomic E-state index is 13.6. The number of esters is 1. The van der Waals surface area contributed by atoms with Crippen LogP contribution in [0.2, 0.25) is 0 Å². The smallest absolute Gasteiger partial charge is 0.336 e. The fraction of sp³-hybridized carbons (Fsp3) is 0.419. The van der Waals surface area contributed by atoms with Crippen molar-refractivity contribution in [1.82, 2.24) is 5.32 Å². The number of benzene rings is 2. The van der Waals surface area contributed by atoms with E-state index in [1.54, 1.807) is 0 Å². The number of hydrogen-bond donors (Lipinski definition) is 1. The molecule has 1 saturated heterocycles. The number of ether oxygens (including phenoxy) is 3. The van der Waals surface area contributed by atoms with Crippen LogP contribution in [0.15, 0.2) is 77.1 Å². The molecule has 5 rings (SSSR count). The molecule has 194 valence electrons. The van der Waals surface area contributed by atoms with Gasteiger partial charge >= 0.3 is 5.97 Å². The van der Waals surface area contributed by atoms with Crippen molar-refractivity contribution in [1.29, 1.82) is 0 Å². The van der Waals surface area contributed by atoms with Gasteiger partial charge in [-0.2, -0.15) is 0 Å². The number of dihydropyridines is 1. The molecule has 2 aromatic rings. The van der Waals surface area contributed by atoms with Crippen molar-refractivity contribution in [2.45, 2.75) is 65.1 Å². The predicted molar refractivity (Wildman–Crippen MR) is 141 cm³/mol. The first kappa shape index (κ1) is 25.3. The summed E-state index contributed by atoms with van der Waals surface area (Å²) in [5, 5.41) is 3.41. The minimum atomic E-state index is -0.566. The summed E-state index contributed by atoms with van der Waals surface area (Å²) in [7, 11) is 0. The Morgan fingerprint density at radius 3 is 2.59 bits per heavy atom. The Morgan fingerprint density at radius 2 is 1.84 bits per heavy atom. The molecule has 2 atom stereocenters. The van der Waals surface area contributed by atoms with E-state index in [1.165, 1.54) is 0 Å². The third-order valence-electron chi connectivity index (χ3n) is 7.35. The number of rotatable bonds is 7. The van der Waals surface area contributed by atoms with Gasteiger partial charge in [0.15, 0.2) is 5.78 Å². The summed E-state index contributed by atoms with van der Waals surface area (Å²) < 4.78 is 17.7. The average Bonchev–Trinajstić information content (AvgIpc) is 3.39. The Morgan fingerprint density at radius 1 is 1.08 bits per heavy atom. The standard InChI is InChI=1S/C31H35NO5/c1-20-27(30(34)37-19-22-12-9-15-35-22)28(29-24(32-20)16-31(2,3)17-25(29)33)23-13-7-8-14-26(23)36-18-21-10-5-4-6-11-21/h4-8,10-11,13-14,22,28,32H,9,12,15-19H2,1-3H3/t22-,28-/m1/s1. The number of carbonyl (C=O) groups is 2. The quantitative estimate of drug-likeness (QED) is 0.499.